The van der Waals surface area contributed by atoms with Gasteiger partial charge in [-0.1, -0.05) is 6.07 Å². The lowest BCUT2D eigenvalue weighted by Gasteiger charge is -2.25. The number of nitrogens with zero attached hydrogens (tertiary/aromatic N) is 5. The third-order valence-corrected chi connectivity index (χ3v) is 4.51. The predicted molar refractivity (Wildman–Crippen MR) is 110 cm³/mol. The Morgan fingerprint density at radius 1 is 0.966 bits per heavy atom. The van der Waals surface area contributed by atoms with Gasteiger partial charge in [-0.3, -0.25) is 14.6 Å². The molecule has 0 radical (unpaired) electrons. The van der Waals surface area contributed by atoms with Gasteiger partial charge < -0.3 is 10.1 Å². The van der Waals surface area contributed by atoms with Crippen molar-refractivity contribution >= 4 is 29.0 Å². The molecule has 3 aromatic rings. The van der Waals surface area contributed by atoms with E-state index in [0.717, 1.165) is 24.5 Å². The van der Waals surface area contributed by atoms with Gasteiger partial charge in [0.2, 0.25) is 11.9 Å². The lowest BCUT2D eigenvalue weighted by Crippen LogP contribution is -2.41. The van der Waals surface area contributed by atoms with Crippen molar-refractivity contribution in [1.82, 2.24) is 19.9 Å². The molecule has 1 aromatic carbocycles. The summed E-state index contributed by atoms with van der Waals surface area (Å²) in [5, 5.41) is 2.95. The van der Waals surface area contributed by atoms with Crippen molar-refractivity contribution < 1.29 is 9.53 Å². The fraction of sp³-hybridized carbons (Fsp3) is 0.238. The SMILES string of the molecule is O=C(CN1CCOCC1)Nc1ccc(N(c2ccccn2)c2ncccn2)cc1. The molecule has 0 unspecified atom stereocenters. The van der Waals surface area contributed by atoms with Gasteiger partial charge in [-0.05, 0) is 42.5 Å². The molecule has 1 amide bonds. The molecule has 0 bridgehead atoms. The van der Waals surface area contributed by atoms with Gasteiger partial charge in [0.25, 0.3) is 0 Å². The molecule has 148 valence electrons. The number of rotatable bonds is 6. The van der Waals surface area contributed by atoms with Crippen LogP contribution in [0, 0.1) is 0 Å². The summed E-state index contributed by atoms with van der Waals surface area (Å²) in [6.45, 7) is 3.27. The van der Waals surface area contributed by atoms with Crippen LogP contribution in [0.5, 0.6) is 0 Å². The number of anilines is 4. The molecule has 1 saturated heterocycles. The van der Waals surface area contributed by atoms with Crippen LogP contribution in [0.1, 0.15) is 0 Å². The van der Waals surface area contributed by atoms with Crippen molar-refractivity contribution in [2.45, 2.75) is 0 Å². The lowest BCUT2D eigenvalue weighted by atomic mass is 10.2. The molecule has 2 aromatic heterocycles. The van der Waals surface area contributed by atoms with Crippen LogP contribution in [0.25, 0.3) is 0 Å². The molecule has 0 atom stereocenters. The molecule has 8 heteroatoms. The number of pyridine rings is 1. The Kier molecular flexibility index (Phi) is 6.04. The number of ether oxygens (including phenoxy) is 1. The number of carbonyl (C=O) groups excluding carboxylic acids is 1. The first-order valence-electron chi connectivity index (χ1n) is 9.48. The molecule has 29 heavy (non-hydrogen) atoms. The van der Waals surface area contributed by atoms with E-state index in [1.54, 1.807) is 24.7 Å². The number of amides is 1. The topological polar surface area (TPSA) is 83.5 Å². The minimum absolute atomic E-state index is 0.0346. The Labute approximate surface area is 169 Å². The van der Waals surface area contributed by atoms with Gasteiger partial charge in [-0.2, -0.15) is 0 Å². The third kappa shape index (κ3) is 4.92. The largest absolute Gasteiger partial charge is 0.379 e. The molecule has 1 N–H and O–H groups in total. The molecule has 4 rings (SSSR count). The van der Waals surface area contributed by atoms with Crippen molar-refractivity contribution in [3.8, 4) is 0 Å². The number of hydrogen-bond acceptors (Lipinski definition) is 7. The van der Waals surface area contributed by atoms with Crippen LogP contribution in [0.15, 0.2) is 67.1 Å². The molecule has 0 spiro atoms. The summed E-state index contributed by atoms with van der Waals surface area (Å²) in [6, 6.07) is 15.0. The number of carbonyl (C=O) groups is 1. The standard InChI is InChI=1S/C21H22N6O2/c28-20(16-26-12-14-29-15-13-26)25-17-5-7-18(8-6-17)27(19-4-1-2-9-22-19)21-23-10-3-11-24-21/h1-11H,12-16H2,(H,25,28). The van der Waals surface area contributed by atoms with E-state index >= 15 is 0 Å². The number of aromatic nitrogens is 3. The third-order valence-electron chi connectivity index (χ3n) is 4.51. The van der Waals surface area contributed by atoms with Crippen LogP contribution < -0.4 is 10.2 Å². The van der Waals surface area contributed by atoms with E-state index in [1.165, 1.54) is 0 Å². The minimum atomic E-state index is -0.0346. The smallest absolute Gasteiger partial charge is 0.238 e. The first-order chi connectivity index (χ1) is 14.3. The second-order valence-corrected chi connectivity index (χ2v) is 6.56. The average Bonchev–Trinajstić information content (AvgIpc) is 2.77. The van der Waals surface area contributed by atoms with Crippen molar-refractivity contribution in [2.24, 2.45) is 0 Å². The number of hydrogen-bond donors (Lipinski definition) is 1. The highest BCUT2D eigenvalue weighted by molar-refractivity contribution is 5.92. The van der Waals surface area contributed by atoms with E-state index in [4.69, 9.17) is 4.74 Å². The maximum atomic E-state index is 12.3. The van der Waals surface area contributed by atoms with Gasteiger partial charge in [0.15, 0.2) is 0 Å². The monoisotopic (exact) mass is 390 g/mol. The summed E-state index contributed by atoms with van der Waals surface area (Å²) in [6.07, 6.45) is 5.11. The fourth-order valence-electron chi connectivity index (χ4n) is 3.10. The van der Waals surface area contributed by atoms with Crippen molar-refractivity contribution in [3.05, 3.63) is 67.1 Å². The van der Waals surface area contributed by atoms with Crippen LogP contribution in [0.2, 0.25) is 0 Å². The zero-order valence-electron chi connectivity index (χ0n) is 15.9. The van der Waals surface area contributed by atoms with Gasteiger partial charge in [0.05, 0.1) is 25.4 Å². The molecule has 3 heterocycles. The molecule has 8 nitrogen and oxygen atoms in total. The van der Waals surface area contributed by atoms with Gasteiger partial charge in [0.1, 0.15) is 5.82 Å². The molecule has 1 aliphatic rings. The first-order valence-corrected chi connectivity index (χ1v) is 9.48. The molecule has 1 aliphatic heterocycles. The molecule has 0 saturated carbocycles. The fourth-order valence-corrected chi connectivity index (χ4v) is 3.10. The van der Waals surface area contributed by atoms with E-state index in [0.29, 0.717) is 31.5 Å². The van der Waals surface area contributed by atoms with E-state index in [2.05, 4.69) is 25.2 Å². The maximum Gasteiger partial charge on any atom is 0.238 e. The van der Waals surface area contributed by atoms with Crippen LogP contribution in [0.4, 0.5) is 23.1 Å². The van der Waals surface area contributed by atoms with Crippen LogP contribution in [0.3, 0.4) is 0 Å². The normalized spacial score (nSPS) is 14.3. The Bertz CT molecular complexity index is 875. The summed E-state index contributed by atoms with van der Waals surface area (Å²) in [5.74, 6) is 1.20. The van der Waals surface area contributed by atoms with Crippen LogP contribution >= 0.6 is 0 Å². The Morgan fingerprint density at radius 2 is 1.69 bits per heavy atom. The van der Waals surface area contributed by atoms with E-state index in [-0.39, 0.29) is 5.91 Å². The van der Waals surface area contributed by atoms with E-state index in [1.807, 2.05) is 47.4 Å². The lowest BCUT2D eigenvalue weighted by molar-refractivity contribution is -0.118. The van der Waals surface area contributed by atoms with Gasteiger partial charge in [-0.15, -0.1) is 0 Å². The second-order valence-electron chi connectivity index (χ2n) is 6.56. The number of morpholine rings is 1. The highest BCUT2D eigenvalue weighted by atomic mass is 16.5. The molecule has 0 aliphatic carbocycles. The highest BCUT2D eigenvalue weighted by Crippen LogP contribution is 2.30. The highest BCUT2D eigenvalue weighted by Gasteiger charge is 2.17. The van der Waals surface area contributed by atoms with E-state index in [9.17, 15) is 4.79 Å². The average molecular weight is 390 g/mol. The molecule has 1 fully saturated rings. The summed E-state index contributed by atoms with van der Waals surface area (Å²) in [7, 11) is 0. The Balaban J connectivity index is 1.49. The van der Waals surface area contributed by atoms with Gasteiger partial charge >= 0.3 is 0 Å². The summed E-state index contributed by atoms with van der Waals surface area (Å²) >= 11 is 0. The summed E-state index contributed by atoms with van der Waals surface area (Å²) in [5.41, 5.74) is 1.59. The molecular formula is C21H22N6O2. The Hall–Kier alpha value is -3.36. The predicted octanol–water partition coefficient (Wildman–Crippen LogP) is 2.61. The van der Waals surface area contributed by atoms with Crippen LogP contribution in [-0.4, -0.2) is 58.6 Å². The van der Waals surface area contributed by atoms with Crippen molar-refractivity contribution in [1.29, 1.82) is 0 Å². The summed E-state index contributed by atoms with van der Waals surface area (Å²) in [4.78, 5) is 29.4. The van der Waals surface area contributed by atoms with Crippen LogP contribution in [-0.2, 0) is 9.53 Å². The second kappa shape index (κ2) is 9.22. The van der Waals surface area contributed by atoms with Crippen molar-refractivity contribution in [2.75, 3.05) is 43.1 Å². The zero-order chi connectivity index (χ0) is 19.9. The zero-order valence-corrected chi connectivity index (χ0v) is 15.9. The Morgan fingerprint density at radius 3 is 2.38 bits per heavy atom. The maximum absolute atomic E-state index is 12.3. The first kappa shape index (κ1) is 19.0. The quantitative estimate of drug-likeness (QED) is 0.693. The number of benzene rings is 1. The number of nitrogens with one attached hydrogen (secondary N) is 1. The van der Waals surface area contributed by atoms with Crippen molar-refractivity contribution in [3.63, 3.8) is 0 Å². The summed E-state index contributed by atoms with van der Waals surface area (Å²) < 4.78 is 5.31. The van der Waals surface area contributed by atoms with E-state index < -0.39 is 0 Å². The molecular weight excluding hydrogens is 368 g/mol. The van der Waals surface area contributed by atoms with Gasteiger partial charge in [0, 0.05) is 37.4 Å². The van der Waals surface area contributed by atoms with Gasteiger partial charge in [-0.25, -0.2) is 15.0 Å². The minimum Gasteiger partial charge on any atom is -0.379 e.